The number of unbranched alkanes of at least 4 members (excludes halogenated alkanes) is 24. The van der Waals surface area contributed by atoms with Crippen LogP contribution in [0, 0.1) is 0 Å². The Morgan fingerprint density at radius 2 is 0.585 bits per heavy atom. The second-order valence-electron chi connectivity index (χ2n) is 11.5. The minimum absolute atomic E-state index is 0. The van der Waals surface area contributed by atoms with Crippen molar-refractivity contribution in [3.05, 3.63) is 24.3 Å². The molecule has 0 saturated heterocycles. The van der Waals surface area contributed by atoms with Crippen molar-refractivity contribution in [1.29, 1.82) is 0 Å². The molecule has 0 saturated carbocycles. The molecule has 0 aliphatic rings. The standard InChI is InChI=1S/2C18H34O2.Zn/c2*1-2-3-4-5-6-7-8-9-10-11-12-13-14-15-16-17-18(19)20;/h2*2-3H,4-17H2,1H3,(H,19,20);. The monoisotopic (exact) mass is 628 g/mol. The van der Waals surface area contributed by atoms with E-state index < -0.39 is 11.9 Å². The van der Waals surface area contributed by atoms with E-state index in [-0.39, 0.29) is 19.5 Å². The van der Waals surface area contributed by atoms with Crippen molar-refractivity contribution in [2.45, 2.75) is 194 Å². The maximum absolute atomic E-state index is 10.3. The summed E-state index contributed by atoms with van der Waals surface area (Å²) in [5.41, 5.74) is 0. The summed E-state index contributed by atoms with van der Waals surface area (Å²) < 4.78 is 0. The summed E-state index contributed by atoms with van der Waals surface area (Å²) >= 11 is 0. The van der Waals surface area contributed by atoms with Gasteiger partial charge in [-0.3, -0.25) is 9.59 Å². The van der Waals surface area contributed by atoms with Gasteiger partial charge in [-0.15, -0.1) is 0 Å². The molecule has 41 heavy (non-hydrogen) atoms. The Balaban J connectivity index is -0.000000688. The molecule has 0 aromatic heterocycles. The fourth-order valence-corrected chi connectivity index (χ4v) is 4.95. The van der Waals surface area contributed by atoms with Gasteiger partial charge in [-0.1, -0.05) is 153 Å². The Morgan fingerprint density at radius 1 is 0.390 bits per heavy atom. The molecule has 0 radical (unpaired) electrons. The van der Waals surface area contributed by atoms with Gasteiger partial charge in [0.05, 0.1) is 0 Å². The second-order valence-corrected chi connectivity index (χ2v) is 11.5. The van der Waals surface area contributed by atoms with Crippen LogP contribution in [0.4, 0.5) is 0 Å². The predicted molar refractivity (Wildman–Crippen MR) is 174 cm³/mol. The zero-order valence-electron chi connectivity index (χ0n) is 27.5. The minimum Gasteiger partial charge on any atom is -0.481 e. The first kappa shape index (κ1) is 44.5. The van der Waals surface area contributed by atoms with Crippen LogP contribution >= 0.6 is 0 Å². The van der Waals surface area contributed by atoms with Gasteiger partial charge in [0.1, 0.15) is 0 Å². The van der Waals surface area contributed by atoms with Crippen molar-refractivity contribution in [2.24, 2.45) is 0 Å². The van der Waals surface area contributed by atoms with E-state index in [1.54, 1.807) is 0 Å². The third-order valence-electron chi connectivity index (χ3n) is 7.49. The Bertz CT molecular complexity index is 524. The van der Waals surface area contributed by atoms with E-state index >= 15 is 0 Å². The molecular formula is C36H68O4Zn. The average Bonchev–Trinajstić information content (AvgIpc) is 2.93. The molecule has 0 bridgehead atoms. The molecular weight excluding hydrogens is 562 g/mol. The fourth-order valence-electron chi connectivity index (χ4n) is 4.95. The van der Waals surface area contributed by atoms with Gasteiger partial charge in [0.2, 0.25) is 0 Å². The van der Waals surface area contributed by atoms with Gasteiger partial charge in [0.25, 0.3) is 0 Å². The smallest absolute Gasteiger partial charge is 0.303 e. The van der Waals surface area contributed by atoms with Crippen LogP contribution in [0.2, 0.25) is 0 Å². The van der Waals surface area contributed by atoms with Crippen LogP contribution in [-0.2, 0) is 29.1 Å². The zero-order chi connectivity index (χ0) is 29.8. The molecule has 0 aromatic carbocycles. The van der Waals surface area contributed by atoms with Gasteiger partial charge in [-0.2, -0.15) is 0 Å². The molecule has 0 fully saturated rings. The van der Waals surface area contributed by atoms with Crippen molar-refractivity contribution >= 4 is 11.9 Å². The van der Waals surface area contributed by atoms with Crippen LogP contribution in [0.1, 0.15) is 194 Å². The first-order valence-electron chi connectivity index (χ1n) is 17.2. The molecule has 0 unspecified atom stereocenters. The SMILES string of the molecule is CC=CCCCCCCCCCCCCCCC(=O)O.CC=CCCCCCCCCCCCCCCC(=O)O.[Zn]. The average molecular weight is 630 g/mol. The maximum atomic E-state index is 10.3. The van der Waals surface area contributed by atoms with Crippen molar-refractivity contribution in [2.75, 3.05) is 0 Å². The summed E-state index contributed by atoms with van der Waals surface area (Å²) in [6.07, 6.45) is 42.8. The fraction of sp³-hybridized carbons (Fsp3) is 0.833. The molecule has 5 heteroatoms. The van der Waals surface area contributed by atoms with E-state index in [0.29, 0.717) is 12.8 Å². The van der Waals surface area contributed by atoms with Gasteiger partial charge in [-0.25, -0.2) is 0 Å². The van der Waals surface area contributed by atoms with E-state index in [0.717, 1.165) is 25.7 Å². The number of carbonyl (C=O) groups is 2. The molecule has 0 rings (SSSR count). The molecule has 0 aromatic rings. The normalized spacial score (nSPS) is 11.0. The molecule has 2 N–H and O–H groups in total. The van der Waals surface area contributed by atoms with Crippen molar-refractivity contribution < 1.29 is 39.3 Å². The Hall–Kier alpha value is -0.957. The first-order valence-corrected chi connectivity index (χ1v) is 17.2. The number of carboxylic acid groups (broad SMARTS) is 2. The number of allylic oxidation sites excluding steroid dienone is 4. The molecule has 238 valence electrons. The summed E-state index contributed by atoms with van der Waals surface area (Å²) in [7, 11) is 0. The summed E-state index contributed by atoms with van der Waals surface area (Å²) in [6.45, 7) is 4.18. The number of rotatable bonds is 30. The maximum Gasteiger partial charge on any atom is 0.303 e. The van der Waals surface area contributed by atoms with Crippen LogP contribution in [0.15, 0.2) is 24.3 Å². The summed E-state index contributed by atoms with van der Waals surface area (Å²) in [5, 5.41) is 17.0. The number of aliphatic carboxylic acids is 2. The van der Waals surface area contributed by atoms with Gasteiger partial charge in [-0.05, 0) is 52.4 Å². The van der Waals surface area contributed by atoms with Crippen molar-refractivity contribution in [3.63, 3.8) is 0 Å². The van der Waals surface area contributed by atoms with Crippen LogP contribution in [0.3, 0.4) is 0 Å². The second kappa shape index (κ2) is 41.2. The van der Waals surface area contributed by atoms with E-state index in [1.807, 2.05) is 0 Å². The molecule has 0 aliphatic heterocycles. The van der Waals surface area contributed by atoms with Crippen LogP contribution in [-0.4, -0.2) is 22.2 Å². The number of hydrogen-bond donors (Lipinski definition) is 2. The Kier molecular flexibility index (Phi) is 44.7. The van der Waals surface area contributed by atoms with Crippen molar-refractivity contribution in [3.8, 4) is 0 Å². The van der Waals surface area contributed by atoms with E-state index in [2.05, 4.69) is 38.2 Å². The number of hydrogen-bond acceptors (Lipinski definition) is 2. The largest absolute Gasteiger partial charge is 0.481 e. The predicted octanol–water partition coefficient (Wildman–Crippen LogP) is 12.2. The van der Waals surface area contributed by atoms with Crippen LogP contribution < -0.4 is 0 Å². The third kappa shape index (κ3) is 49.1. The topological polar surface area (TPSA) is 74.6 Å². The molecule has 0 aliphatic carbocycles. The van der Waals surface area contributed by atoms with E-state index in [1.165, 1.54) is 141 Å². The Labute approximate surface area is 268 Å². The molecule has 0 amide bonds. The Morgan fingerprint density at radius 3 is 0.780 bits per heavy atom. The van der Waals surface area contributed by atoms with Crippen LogP contribution in [0.25, 0.3) is 0 Å². The number of carboxylic acids is 2. The van der Waals surface area contributed by atoms with Gasteiger partial charge in [0, 0.05) is 32.3 Å². The summed E-state index contributed by atoms with van der Waals surface area (Å²) in [4.78, 5) is 20.7. The minimum atomic E-state index is -0.657. The first-order chi connectivity index (χ1) is 19.5. The molecule has 0 atom stereocenters. The van der Waals surface area contributed by atoms with Crippen LogP contribution in [0.5, 0.6) is 0 Å². The van der Waals surface area contributed by atoms with Crippen molar-refractivity contribution in [1.82, 2.24) is 0 Å². The van der Waals surface area contributed by atoms with Gasteiger partial charge in [0.15, 0.2) is 0 Å². The molecule has 0 spiro atoms. The van der Waals surface area contributed by atoms with E-state index in [9.17, 15) is 9.59 Å². The quantitative estimate of drug-likeness (QED) is 0.0471. The van der Waals surface area contributed by atoms with Gasteiger partial charge < -0.3 is 10.2 Å². The van der Waals surface area contributed by atoms with E-state index in [4.69, 9.17) is 10.2 Å². The third-order valence-corrected chi connectivity index (χ3v) is 7.49. The summed E-state index contributed by atoms with van der Waals surface area (Å²) in [5.74, 6) is -1.31. The zero-order valence-corrected chi connectivity index (χ0v) is 30.5. The molecule has 0 heterocycles. The molecule has 4 nitrogen and oxygen atoms in total. The van der Waals surface area contributed by atoms with Gasteiger partial charge >= 0.3 is 11.9 Å². The summed E-state index contributed by atoms with van der Waals surface area (Å²) in [6, 6.07) is 0.